The SMILES string of the molecule is NNc1cc(Oc2c(F)cccc2[N+](=O)[O-])ccn1. The quantitative estimate of drug-likeness (QED) is 0.498. The Morgan fingerprint density at radius 1 is 1.42 bits per heavy atom. The lowest BCUT2D eigenvalue weighted by Crippen LogP contribution is -2.08. The minimum Gasteiger partial charge on any atom is -0.447 e. The third kappa shape index (κ3) is 2.75. The Balaban J connectivity index is 2.40. The normalized spacial score (nSPS) is 10.0. The molecule has 3 N–H and O–H groups in total. The fourth-order valence-electron chi connectivity index (χ4n) is 1.41. The van der Waals surface area contributed by atoms with E-state index >= 15 is 0 Å². The van der Waals surface area contributed by atoms with Crippen LogP contribution in [-0.2, 0) is 0 Å². The number of halogens is 1. The number of pyridine rings is 1. The van der Waals surface area contributed by atoms with Gasteiger partial charge in [0.15, 0.2) is 5.82 Å². The summed E-state index contributed by atoms with van der Waals surface area (Å²) in [6.07, 6.45) is 1.37. The average Bonchev–Trinajstić information content (AvgIpc) is 2.41. The molecule has 7 nitrogen and oxygen atoms in total. The highest BCUT2D eigenvalue weighted by molar-refractivity contribution is 5.50. The summed E-state index contributed by atoms with van der Waals surface area (Å²) >= 11 is 0. The summed E-state index contributed by atoms with van der Waals surface area (Å²) in [5, 5.41) is 10.8. The van der Waals surface area contributed by atoms with E-state index < -0.39 is 22.2 Å². The zero-order valence-corrected chi connectivity index (χ0v) is 9.54. The molecule has 0 aliphatic rings. The number of ether oxygens (including phenoxy) is 1. The molecule has 0 saturated carbocycles. The van der Waals surface area contributed by atoms with Crippen molar-refractivity contribution in [1.29, 1.82) is 0 Å². The number of nitro benzene ring substituents is 1. The average molecular weight is 264 g/mol. The summed E-state index contributed by atoms with van der Waals surface area (Å²) in [6.45, 7) is 0. The van der Waals surface area contributed by atoms with Crippen molar-refractivity contribution in [3.63, 3.8) is 0 Å². The Morgan fingerprint density at radius 2 is 2.21 bits per heavy atom. The Bertz CT molecular complexity index is 621. The molecule has 0 saturated heterocycles. The number of rotatable bonds is 4. The van der Waals surface area contributed by atoms with Crippen LogP contribution in [0, 0.1) is 15.9 Å². The van der Waals surface area contributed by atoms with Crippen LogP contribution in [0.1, 0.15) is 0 Å². The molecule has 0 fully saturated rings. The molecule has 0 atom stereocenters. The van der Waals surface area contributed by atoms with Crippen LogP contribution in [0.2, 0.25) is 0 Å². The number of hydrogen-bond donors (Lipinski definition) is 2. The maximum Gasteiger partial charge on any atom is 0.314 e. The van der Waals surface area contributed by atoms with Gasteiger partial charge < -0.3 is 10.2 Å². The number of nitro groups is 1. The predicted molar refractivity (Wildman–Crippen MR) is 65.2 cm³/mol. The fourth-order valence-corrected chi connectivity index (χ4v) is 1.41. The van der Waals surface area contributed by atoms with Crippen molar-refractivity contribution >= 4 is 11.5 Å². The summed E-state index contributed by atoms with van der Waals surface area (Å²) in [6, 6.07) is 6.28. The first-order valence-electron chi connectivity index (χ1n) is 5.15. The molecule has 19 heavy (non-hydrogen) atoms. The van der Waals surface area contributed by atoms with Gasteiger partial charge in [-0.2, -0.15) is 0 Å². The number of nitrogen functional groups attached to an aromatic ring is 1. The van der Waals surface area contributed by atoms with E-state index in [0.29, 0.717) is 0 Å². The van der Waals surface area contributed by atoms with Gasteiger partial charge in [0, 0.05) is 18.3 Å². The van der Waals surface area contributed by atoms with Crippen molar-refractivity contribution < 1.29 is 14.1 Å². The van der Waals surface area contributed by atoms with Crippen molar-refractivity contribution in [2.75, 3.05) is 5.43 Å². The summed E-state index contributed by atoms with van der Waals surface area (Å²) < 4.78 is 18.8. The number of nitrogens with two attached hydrogens (primary N) is 1. The van der Waals surface area contributed by atoms with Gasteiger partial charge in [0.25, 0.3) is 0 Å². The van der Waals surface area contributed by atoms with Crippen LogP contribution in [0.3, 0.4) is 0 Å². The molecule has 0 spiro atoms. The molecule has 0 bridgehead atoms. The van der Waals surface area contributed by atoms with Gasteiger partial charge >= 0.3 is 5.69 Å². The molecule has 1 aromatic heterocycles. The third-order valence-electron chi connectivity index (χ3n) is 2.24. The van der Waals surface area contributed by atoms with Crippen molar-refractivity contribution in [1.82, 2.24) is 4.98 Å². The first kappa shape index (κ1) is 12.7. The van der Waals surface area contributed by atoms with Gasteiger partial charge in [-0.05, 0) is 12.1 Å². The molecular weight excluding hydrogens is 255 g/mol. The van der Waals surface area contributed by atoms with E-state index in [1.807, 2.05) is 0 Å². The Kier molecular flexibility index (Phi) is 3.53. The molecule has 2 rings (SSSR count). The van der Waals surface area contributed by atoms with E-state index in [-0.39, 0.29) is 11.6 Å². The number of nitrogens with one attached hydrogen (secondary N) is 1. The maximum atomic E-state index is 13.6. The van der Waals surface area contributed by atoms with Crippen LogP contribution in [0.4, 0.5) is 15.9 Å². The highest BCUT2D eigenvalue weighted by Crippen LogP contribution is 2.33. The summed E-state index contributed by atoms with van der Waals surface area (Å²) in [4.78, 5) is 13.9. The van der Waals surface area contributed by atoms with Crippen molar-refractivity contribution in [2.24, 2.45) is 5.84 Å². The van der Waals surface area contributed by atoms with E-state index in [1.165, 1.54) is 24.4 Å². The molecule has 1 aromatic carbocycles. The lowest BCUT2D eigenvalue weighted by Gasteiger charge is -2.08. The Hall–Kier alpha value is -2.74. The van der Waals surface area contributed by atoms with Crippen LogP contribution in [0.5, 0.6) is 11.5 Å². The van der Waals surface area contributed by atoms with Crippen LogP contribution in [0.15, 0.2) is 36.5 Å². The molecule has 8 heteroatoms. The number of nitrogens with zero attached hydrogens (tertiary/aromatic N) is 2. The van der Waals surface area contributed by atoms with Crippen LogP contribution in [0.25, 0.3) is 0 Å². The summed E-state index contributed by atoms with van der Waals surface area (Å²) in [5.41, 5.74) is 1.83. The molecule has 0 unspecified atom stereocenters. The first-order valence-corrected chi connectivity index (χ1v) is 5.15. The van der Waals surface area contributed by atoms with Crippen LogP contribution in [-0.4, -0.2) is 9.91 Å². The zero-order valence-electron chi connectivity index (χ0n) is 9.54. The standard InChI is InChI=1S/C11H9FN4O3/c12-8-2-1-3-9(16(17)18)11(8)19-7-4-5-14-10(6-7)15-13/h1-6H,13H2,(H,14,15). The maximum absolute atomic E-state index is 13.6. The molecule has 0 radical (unpaired) electrons. The highest BCUT2D eigenvalue weighted by atomic mass is 19.1. The number of anilines is 1. The Labute approximate surface area is 107 Å². The number of hydrazine groups is 1. The van der Waals surface area contributed by atoms with Gasteiger partial charge in [0.1, 0.15) is 11.6 Å². The molecule has 0 aliphatic carbocycles. The second kappa shape index (κ2) is 5.27. The van der Waals surface area contributed by atoms with Gasteiger partial charge in [0.05, 0.1) is 4.92 Å². The van der Waals surface area contributed by atoms with Gasteiger partial charge in [-0.25, -0.2) is 15.2 Å². The van der Waals surface area contributed by atoms with E-state index in [0.717, 1.165) is 12.1 Å². The molecule has 98 valence electrons. The van der Waals surface area contributed by atoms with Crippen LogP contribution >= 0.6 is 0 Å². The van der Waals surface area contributed by atoms with Gasteiger partial charge in [-0.3, -0.25) is 10.1 Å². The number of para-hydroxylation sites is 1. The van der Waals surface area contributed by atoms with Gasteiger partial charge in [0.2, 0.25) is 5.75 Å². The summed E-state index contributed by atoms with van der Waals surface area (Å²) in [5.74, 6) is 4.35. The van der Waals surface area contributed by atoms with Gasteiger partial charge in [-0.15, -0.1) is 0 Å². The van der Waals surface area contributed by atoms with E-state index in [1.54, 1.807) is 0 Å². The minimum absolute atomic E-state index is 0.177. The second-order valence-electron chi connectivity index (χ2n) is 3.47. The van der Waals surface area contributed by atoms with E-state index in [2.05, 4.69) is 10.4 Å². The molecule has 0 aliphatic heterocycles. The molecule has 1 heterocycles. The topological polar surface area (TPSA) is 103 Å². The smallest absolute Gasteiger partial charge is 0.314 e. The minimum atomic E-state index is -0.826. The van der Waals surface area contributed by atoms with Crippen molar-refractivity contribution in [3.05, 3.63) is 52.5 Å². The van der Waals surface area contributed by atoms with Crippen LogP contribution < -0.4 is 16.0 Å². The molecule has 0 amide bonds. The monoisotopic (exact) mass is 264 g/mol. The lowest BCUT2D eigenvalue weighted by atomic mass is 10.3. The van der Waals surface area contributed by atoms with E-state index in [4.69, 9.17) is 10.6 Å². The fraction of sp³-hybridized carbons (Fsp3) is 0. The Morgan fingerprint density at radius 3 is 2.89 bits per heavy atom. The van der Waals surface area contributed by atoms with Crippen molar-refractivity contribution in [3.8, 4) is 11.5 Å². The number of benzene rings is 1. The zero-order chi connectivity index (χ0) is 13.8. The third-order valence-corrected chi connectivity index (χ3v) is 2.24. The number of aromatic nitrogens is 1. The molecule has 2 aromatic rings. The van der Waals surface area contributed by atoms with Crippen molar-refractivity contribution in [2.45, 2.75) is 0 Å². The highest BCUT2D eigenvalue weighted by Gasteiger charge is 2.20. The molecular formula is C11H9FN4O3. The second-order valence-corrected chi connectivity index (χ2v) is 3.47. The number of hydrogen-bond acceptors (Lipinski definition) is 6. The van der Waals surface area contributed by atoms with Gasteiger partial charge in [-0.1, -0.05) is 6.07 Å². The van der Waals surface area contributed by atoms with E-state index in [9.17, 15) is 14.5 Å². The first-order chi connectivity index (χ1) is 9.11. The lowest BCUT2D eigenvalue weighted by molar-refractivity contribution is -0.385. The predicted octanol–water partition coefficient (Wildman–Crippen LogP) is 2.21. The largest absolute Gasteiger partial charge is 0.447 e. The summed E-state index contributed by atoms with van der Waals surface area (Å²) in [7, 11) is 0.